The van der Waals surface area contributed by atoms with Gasteiger partial charge in [-0.3, -0.25) is 19.8 Å². The fourth-order valence-corrected chi connectivity index (χ4v) is 2.71. The lowest BCUT2D eigenvalue weighted by atomic mass is 10.2. The summed E-state index contributed by atoms with van der Waals surface area (Å²) in [6, 6.07) is 5.73. The molecule has 1 aliphatic heterocycles. The number of amides is 1. The first kappa shape index (κ1) is 20.2. The normalized spacial score (nSPS) is 15.1. The van der Waals surface area contributed by atoms with Gasteiger partial charge in [-0.15, -0.1) is 0 Å². The summed E-state index contributed by atoms with van der Waals surface area (Å²) in [6.45, 7) is 4.43. The molecule has 0 atom stereocenters. The Labute approximate surface area is 156 Å². The zero-order valence-electron chi connectivity index (χ0n) is 15.1. The van der Waals surface area contributed by atoms with E-state index in [-0.39, 0.29) is 22.7 Å². The van der Waals surface area contributed by atoms with Crippen LogP contribution in [0.1, 0.15) is 0 Å². The maximum absolute atomic E-state index is 12.4. The molecule has 10 nitrogen and oxygen atoms in total. The van der Waals surface area contributed by atoms with Crippen LogP contribution in [0.15, 0.2) is 30.0 Å². The molecular weight excluding hydrogens is 352 g/mol. The number of nitriles is 1. The summed E-state index contributed by atoms with van der Waals surface area (Å²) in [6.07, 6.45) is 1.53. The number of carbonyl (C=O) groups is 1. The minimum Gasteiger partial charge on any atom is -0.494 e. The molecule has 3 N–H and O–H groups in total. The lowest BCUT2D eigenvalue weighted by molar-refractivity contribution is -0.384. The molecule has 144 valence electrons. The second-order valence-electron chi connectivity index (χ2n) is 5.92. The van der Waals surface area contributed by atoms with Gasteiger partial charge in [-0.1, -0.05) is 0 Å². The Bertz CT molecular complexity index is 765. The number of piperazine rings is 1. The summed E-state index contributed by atoms with van der Waals surface area (Å²) in [5.41, 5.74) is 5.59. The average molecular weight is 374 g/mol. The van der Waals surface area contributed by atoms with Gasteiger partial charge in [0.05, 0.1) is 23.8 Å². The molecule has 1 fully saturated rings. The highest BCUT2D eigenvalue weighted by Crippen LogP contribution is 2.29. The van der Waals surface area contributed by atoms with Gasteiger partial charge in [0.15, 0.2) is 0 Å². The highest BCUT2D eigenvalue weighted by Gasteiger charge is 2.19. The standard InChI is InChI=1S/C17H22N6O4/c1-27-16-10-14(23(25)26)2-3-15(16)20-17(24)13(11-19)12-22-8-6-21(5-4-18)7-9-22/h2-3,10,12H,4-9,18H2,1H3,(H,20,24)/b13-12-. The Morgan fingerprint density at radius 2 is 2.15 bits per heavy atom. The lowest BCUT2D eigenvalue weighted by Crippen LogP contribution is -2.45. The van der Waals surface area contributed by atoms with Crippen LogP contribution in [-0.4, -0.2) is 67.0 Å². The molecule has 1 aliphatic rings. The van der Waals surface area contributed by atoms with E-state index < -0.39 is 10.8 Å². The van der Waals surface area contributed by atoms with Crippen LogP contribution in [0.2, 0.25) is 0 Å². The number of nitro benzene ring substituents is 1. The van der Waals surface area contributed by atoms with Gasteiger partial charge in [0.2, 0.25) is 0 Å². The number of hydrogen-bond donors (Lipinski definition) is 2. The van der Waals surface area contributed by atoms with Gasteiger partial charge in [-0.2, -0.15) is 5.26 Å². The second-order valence-corrected chi connectivity index (χ2v) is 5.92. The van der Waals surface area contributed by atoms with Crippen LogP contribution in [0.3, 0.4) is 0 Å². The molecule has 0 saturated carbocycles. The molecule has 1 saturated heterocycles. The third kappa shape index (κ3) is 5.40. The Morgan fingerprint density at radius 1 is 1.44 bits per heavy atom. The highest BCUT2D eigenvalue weighted by atomic mass is 16.6. The molecule has 0 unspecified atom stereocenters. The molecule has 1 aromatic rings. The Morgan fingerprint density at radius 3 is 2.70 bits per heavy atom. The Hall–Kier alpha value is -3.16. The molecule has 1 heterocycles. The number of carbonyl (C=O) groups excluding carboxylic acids is 1. The number of non-ortho nitro benzene ring substituents is 1. The molecule has 0 radical (unpaired) electrons. The summed E-state index contributed by atoms with van der Waals surface area (Å²) in [5, 5.41) is 22.7. The molecule has 0 bridgehead atoms. The number of rotatable bonds is 7. The van der Waals surface area contributed by atoms with E-state index in [9.17, 15) is 20.2 Å². The monoisotopic (exact) mass is 374 g/mol. The maximum atomic E-state index is 12.4. The molecule has 27 heavy (non-hydrogen) atoms. The van der Waals surface area contributed by atoms with Crippen LogP contribution in [0.4, 0.5) is 11.4 Å². The zero-order valence-corrected chi connectivity index (χ0v) is 15.1. The number of benzene rings is 1. The molecule has 1 aromatic carbocycles. The van der Waals surface area contributed by atoms with Gasteiger partial charge in [0.1, 0.15) is 17.4 Å². The third-order valence-corrected chi connectivity index (χ3v) is 4.17. The van der Waals surface area contributed by atoms with E-state index >= 15 is 0 Å². The van der Waals surface area contributed by atoms with Crippen molar-refractivity contribution >= 4 is 17.3 Å². The first-order valence-corrected chi connectivity index (χ1v) is 8.40. The number of methoxy groups -OCH3 is 1. The fraction of sp³-hybridized carbons (Fsp3) is 0.412. The molecule has 10 heteroatoms. The molecule has 0 aliphatic carbocycles. The van der Waals surface area contributed by atoms with Crippen LogP contribution in [0.25, 0.3) is 0 Å². The Kier molecular flexibility index (Phi) is 7.10. The number of anilines is 1. The van der Waals surface area contributed by atoms with Gasteiger partial charge >= 0.3 is 0 Å². The SMILES string of the molecule is COc1cc([N+](=O)[O-])ccc1NC(=O)/C(C#N)=C\N1CCN(CCN)CC1. The van der Waals surface area contributed by atoms with Gasteiger partial charge < -0.3 is 20.7 Å². The topological polar surface area (TPSA) is 138 Å². The second kappa shape index (κ2) is 9.51. The number of nitrogens with zero attached hydrogens (tertiary/aromatic N) is 4. The smallest absolute Gasteiger partial charge is 0.273 e. The van der Waals surface area contributed by atoms with E-state index in [0.29, 0.717) is 19.6 Å². The highest BCUT2D eigenvalue weighted by molar-refractivity contribution is 6.07. The first-order valence-electron chi connectivity index (χ1n) is 8.40. The molecular formula is C17H22N6O4. The number of ether oxygens (including phenoxy) is 1. The van der Waals surface area contributed by atoms with E-state index in [1.54, 1.807) is 0 Å². The minimum absolute atomic E-state index is 0.0531. The van der Waals surface area contributed by atoms with Gasteiger partial charge in [0.25, 0.3) is 11.6 Å². The number of hydrogen-bond acceptors (Lipinski definition) is 8. The van der Waals surface area contributed by atoms with Crippen LogP contribution >= 0.6 is 0 Å². The van der Waals surface area contributed by atoms with Crippen molar-refractivity contribution in [1.29, 1.82) is 5.26 Å². The average Bonchev–Trinajstić information content (AvgIpc) is 2.67. The largest absolute Gasteiger partial charge is 0.494 e. The van der Waals surface area contributed by atoms with E-state index in [1.165, 1.54) is 31.5 Å². The molecule has 2 rings (SSSR count). The fourth-order valence-electron chi connectivity index (χ4n) is 2.71. The Balaban J connectivity index is 2.07. The van der Waals surface area contributed by atoms with E-state index in [2.05, 4.69) is 10.2 Å². The van der Waals surface area contributed by atoms with Crippen molar-refractivity contribution in [2.75, 3.05) is 51.7 Å². The van der Waals surface area contributed by atoms with E-state index in [4.69, 9.17) is 10.5 Å². The molecule has 1 amide bonds. The van der Waals surface area contributed by atoms with Crippen LogP contribution in [0.5, 0.6) is 5.75 Å². The number of nitrogens with one attached hydrogen (secondary N) is 1. The third-order valence-electron chi connectivity index (χ3n) is 4.17. The van der Waals surface area contributed by atoms with Gasteiger partial charge in [0, 0.05) is 51.5 Å². The predicted octanol–water partition coefficient (Wildman–Crippen LogP) is 0.526. The minimum atomic E-state index is -0.603. The van der Waals surface area contributed by atoms with Crippen molar-refractivity contribution in [1.82, 2.24) is 9.80 Å². The van der Waals surface area contributed by atoms with E-state index in [1.807, 2.05) is 11.0 Å². The van der Waals surface area contributed by atoms with Gasteiger partial charge in [-0.05, 0) is 6.07 Å². The zero-order chi connectivity index (χ0) is 19.8. The summed E-state index contributed by atoms with van der Waals surface area (Å²) < 4.78 is 5.09. The summed E-state index contributed by atoms with van der Waals surface area (Å²) >= 11 is 0. The molecule has 0 aromatic heterocycles. The van der Waals surface area contributed by atoms with Crippen LogP contribution < -0.4 is 15.8 Å². The van der Waals surface area contributed by atoms with Crippen molar-refractivity contribution in [3.8, 4) is 11.8 Å². The van der Waals surface area contributed by atoms with Crippen LogP contribution in [0, 0.1) is 21.4 Å². The van der Waals surface area contributed by atoms with Crippen molar-refractivity contribution < 1.29 is 14.5 Å². The van der Waals surface area contributed by atoms with Gasteiger partial charge in [-0.25, -0.2) is 0 Å². The maximum Gasteiger partial charge on any atom is 0.273 e. The number of nitrogens with two attached hydrogens (primary N) is 1. The van der Waals surface area contributed by atoms with Crippen molar-refractivity contribution in [3.05, 3.63) is 40.1 Å². The lowest BCUT2D eigenvalue weighted by Gasteiger charge is -2.33. The van der Waals surface area contributed by atoms with Crippen molar-refractivity contribution in [3.63, 3.8) is 0 Å². The predicted molar refractivity (Wildman–Crippen MR) is 99.0 cm³/mol. The summed E-state index contributed by atoms with van der Waals surface area (Å²) in [5.74, 6) is -0.459. The van der Waals surface area contributed by atoms with Crippen molar-refractivity contribution in [2.45, 2.75) is 0 Å². The first-order chi connectivity index (χ1) is 13.0. The van der Waals surface area contributed by atoms with Crippen LogP contribution in [-0.2, 0) is 4.79 Å². The van der Waals surface area contributed by atoms with E-state index in [0.717, 1.165) is 19.6 Å². The number of nitro groups is 1. The molecule has 0 spiro atoms. The quantitative estimate of drug-likeness (QED) is 0.305. The summed E-state index contributed by atoms with van der Waals surface area (Å²) in [7, 11) is 1.34. The van der Waals surface area contributed by atoms with Crippen molar-refractivity contribution in [2.24, 2.45) is 5.73 Å². The summed E-state index contributed by atoms with van der Waals surface area (Å²) in [4.78, 5) is 26.8.